The van der Waals surface area contributed by atoms with Gasteiger partial charge >= 0.3 is 17.9 Å². The third-order valence-corrected chi connectivity index (χ3v) is 19.7. The van der Waals surface area contributed by atoms with Crippen LogP contribution in [0.1, 0.15) is 87.9 Å². The number of ether oxygens (including phenoxy) is 17. The number of para-hydroxylation sites is 1. The lowest BCUT2D eigenvalue weighted by atomic mass is 9.77. The average molecular weight is 1860 g/mol. The van der Waals surface area contributed by atoms with E-state index in [1.54, 1.807) is 48.7 Å². The van der Waals surface area contributed by atoms with Crippen molar-refractivity contribution in [3.8, 4) is 28.7 Å². The molecule has 5 aromatic carbocycles. The van der Waals surface area contributed by atoms with Crippen molar-refractivity contribution in [2.24, 2.45) is 11.5 Å². The second-order valence-corrected chi connectivity index (χ2v) is 29.7. The molecule has 43 heteroatoms. The number of H-pyrrole nitrogens is 1. The number of anilines is 1. The minimum absolute atomic E-state index is 0.00633. The molecule has 2 aliphatic rings. The lowest BCUT2D eigenvalue weighted by molar-refractivity contribution is -0.141. The van der Waals surface area contributed by atoms with E-state index in [9.17, 15) is 53.7 Å². The second kappa shape index (κ2) is 60.4. The van der Waals surface area contributed by atoms with Crippen LogP contribution in [0.4, 0.5) is 5.69 Å². The van der Waals surface area contributed by atoms with Crippen LogP contribution in [0.25, 0.3) is 10.9 Å². The number of phenols is 2. The van der Waals surface area contributed by atoms with E-state index < -0.39 is 71.8 Å². The van der Waals surface area contributed by atoms with E-state index in [-0.39, 0.29) is 121 Å². The van der Waals surface area contributed by atoms with Crippen molar-refractivity contribution in [2.45, 2.75) is 75.1 Å². The molecule has 0 unspecified atom stereocenters. The van der Waals surface area contributed by atoms with Gasteiger partial charge < -0.3 is 160 Å². The molecule has 1 aromatic heterocycles. The fraction of sp³-hybridized carbons (Fsp3) is 0.511. The van der Waals surface area contributed by atoms with E-state index in [4.69, 9.17) is 115 Å². The molecule has 3 atom stereocenters. The molecule has 5 amide bonds. The molecule has 42 nitrogen and oxygen atoms in total. The highest BCUT2D eigenvalue weighted by Crippen LogP contribution is 2.57. The first-order chi connectivity index (χ1) is 63.7. The Balaban J connectivity index is 0.521. The number of guanidine groups is 2. The summed E-state index contributed by atoms with van der Waals surface area (Å²) in [6.07, 6.45) is 2.85. The zero-order valence-electron chi connectivity index (χ0n) is 73.2. The highest BCUT2D eigenvalue weighted by Gasteiger charge is 2.54. The van der Waals surface area contributed by atoms with Crippen molar-refractivity contribution in [3.05, 3.63) is 143 Å². The van der Waals surface area contributed by atoms with Crippen LogP contribution in [-0.4, -0.2) is 321 Å². The molecule has 1 spiro atoms. The Morgan fingerprint density at radius 3 is 1.44 bits per heavy atom. The highest BCUT2D eigenvalue weighted by molar-refractivity contribution is 7.80. The van der Waals surface area contributed by atoms with Gasteiger partial charge in [0.15, 0.2) is 22.6 Å². The number of carboxylic acid groups (broad SMARTS) is 1. The lowest BCUT2D eigenvalue weighted by Crippen LogP contribution is -2.55. The molecule has 19 N–H and O–H groups in total. The quantitative estimate of drug-likeness (QED) is 0.00651. The van der Waals surface area contributed by atoms with Crippen molar-refractivity contribution in [1.29, 1.82) is 10.8 Å². The maximum absolute atomic E-state index is 13.8. The molecule has 718 valence electrons. The van der Waals surface area contributed by atoms with Crippen molar-refractivity contribution < 1.29 is 134 Å². The number of carbonyl (C=O) groups excluding carboxylic acids is 7. The number of carbonyl (C=O) groups is 8. The van der Waals surface area contributed by atoms with E-state index in [1.807, 2.05) is 24.3 Å². The molecule has 0 saturated heterocycles. The van der Waals surface area contributed by atoms with Gasteiger partial charge in [-0.15, -0.1) is 0 Å². The predicted octanol–water partition coefficient (Wildman–Crippen LogP) is 2.60. The van der Waals surface area contributed by atoms with Gasteiger partial charge in [-0.1, -0.05) is 24.3 Å². The molecule has 0 fully saturated rings. The number of hydrogen-bond acceptors (Lipinski definition) is 30. The number of aromatic hydroxyl groups is 2. The summed E-state index contributed by atoms with van der Waals surface area (Å²) in [7, 11) is 0. The summed E-state index contributed by atoms with van der Waals surface area (Å²) in [6.45, 7) is 9.57. The number of aromatic nitrogens is 1. The summed E-state index contributed by atoms with van der Waals surface area (Å²) in [6, 6.07) is 24.3. The number of nitrogens with two attached hydrogens (primary N) is 2. The molecule has 131 heavy (non-hydrogen) atoms. The fourth-order valence-corrected chi connectivity index (χ4v) is 13.3. The number of unbranched alkanes of at least 4 members (excludes halogenated alkanes) is 1. The Labute approximate surface area is 763 Å². The number of nitrogens with one attached hydrogen (secondary N) is 12. The van der Waals surface area contributed by atoms with Gasteiger partial charge in [0.05, 0.1) is 204 Å². The Bertz CT molecular complexity index is 4500. The number of aliphatic carboxylic acids is 1. The second-order valence-electron chi connectivity index (χ2n) is 29.2. The van der Waals surface area contributed by atoms with Crippen LogP contribution < -0.4 is 68.8 Å². The molecule has 0 bridgehead atoms. The minimum atomic E-state index is -1.36. The van der Waals surface area contributed by atoms with Gasteiger partial charge in [-0.3, -0.25) is 39.6 Å². The van der Waals surface area contributed by atoms with Gasteiger partial charge in [-0.25, -0.2) is 9.59 Å². The number of esters is 2. The zero-order chi connectivity index (χ0) is 93.5. The maximum atomic E-state index is 13.8. The van der Waals surface area contributed by atoms with E-state index in [1.165, 1.54) is 36.4 Å². The Morgan fingerprint density at radius 2 is 0.924 bits per heavy atom. The van der Waals surface area contributed by atoms with Gasteiger partial charge in [0.25, 0.3) is 5.91 Å². The van der Waals surface area contributed by atoms with Gasteiger partial charge in [0.2, 0.25) is 23.6 Å². The van der Waals surface area contributed by atoms with E-state index in [0.29, 0.717) is 233 Å². The first-order valence-electron chi connectivity index (χ1n) is 43.2. The number of carboxylic acids is 1. The zero-order valence-corrected chi connectivity index (χ0v) is 74.0. The Hall–Kier alpha value is -11.5. The highest BCUT2D eigenvalue weighted by atomic mass is 32.1. The molecular formula is C88H122N14O28S. The summed E-state index contributed by atoms with van der Waals surface area (Å²) in [5, 5.41) is 70.9. The van der Waals surface area contributed by atoms with Gasteiger partial charge in [0.1, 0.15) is 46.9 Å². The van der Waals surface area contributed by atoms with Crippen molar-refractivity contribution in [3.63, 3.8) is 0 Å². The molecule has 0 radical (unpaired) electrons. The van der Waals surface area contributed by atoms with Crippen LogP contribution >= 0.6 is 12.2 Å². The summed E-state index contributed by atoms with van der Waals surface area (Å²) in [4.78, 5) is 107. The average Bonchev–Trinajstić information content (AvgIpc) is 1.56. The standard InChI is InChI=1S/C88H122N14O28S/c89-85(90)94-22-4-3-8-72(81(109)98-59-78(106)101-74(83(111)112)54-61-58-97-71-7-2-1-6-66(61)71)102-82(110)73(9-5-23-95-86(91)92)100-77(105)20-26-114-30-34-118-38-42-122-47-50-126-52-53-127-51-49-124-44-40-120-36-32-116-28-24-93-80(108)60-10-15-65(16-11-60)128-79(107)21-27-115-31-35-119-39-43-123-46-48-125-45-41-121-37-33-117-29-25-96-87(131)99-62-12-17-68-67(55-62)84(113)130-88(68)69-18-13-63(103)56-75(69)129-76-57-64(104)14-19-70(76)88/h1-2,6-7,10-19,55-58,72-74,97,103-104H,3-5,8-9,20-54,59H2,(H,93,108)(H,98,109)(H,100,105)(H,101,106)(H,102,110)(H,111,112)(H4,89,90,94)(H4,91,92,95)(H2,96,99,131)/t72-,73-,74-/m0/s1. The van der Waals surface area contributed by atoms with Crippen LogP contribution in [0.5, 0.6) is 28.7 Å². The number of amides is 5. The molecule has 2 aliphatic heterocycles. The van der Waals surface area contributed by atoms with Gasteiger partial charge in [0, 0.05) is 96.2 Å². The largest absolute Gasteiger partial charge is 0.508 e. The van der Waals surface area contributed by atoms with E-state index in [0.717, 1.165) is 10.9 Å². The fourth-order valence-electron chi connectivity index (χ4n) is 13.1. The number of aromatic amines is 1. The van der Waals surface area contributed by atoms with Crippen molar-refractivity contribution >= 4 is 93.3 Å². The predicted molar refractivity (Wildman–Crippen MR) is 479 cm³/mol. The number of hydrogen-bond donors (Lipinski definition) is 17. The first-order valence-corrected chi connectivity index (χ1v) is 43.6. The SMILES string of the molecule is N=C(N)NCCCC[C@H](NC(=O)[C@H](CCCNC(=N)N)NC(=O)CCOCCOCCOCCOCCOCCOCCOCCOCCNC(=O)c1ccc(OC(=O)CCOCCOCCOCCOCCOCCOCCNC(=S)Nc2ccc3c(c2)C(=O)OC32c3ccc(O)cc3Oc3cc(O)ccc32)cc1)C(=O)NCC(=O)N[C@@H](Cc1c[nH]c2ccccc12)C(=O)O. The Morgan fingerprint density at radius 1 is 0.466 bits per heavy atom. The maximum Gasteiger partial charge on any atom is 0.340 e. The third-order valence-electron chi connectivity index (χ3n) is 19.5. The normalized spacial score (nSPS) is 12.8. The molecule has 0 aliphatic carbocycles. The number of phenolic OH excluding ortho intramolecular Hbond substituents is 2. The summed E-state index contributed by atoms with van der Waals surface area (Å²) >= 11 is 5.49. The number of benzene rings is 5. The first kappa shape index (κ1) is 105. The summed E-state index contributed by atoms with van der Waals surface area (Å²) in [5.74, 6) is -5.05. The van der Waals surface area contributed by atoms with Crippen LogP contribution in [0.15, 0.2) is 109 Å². The smallest absolute Gasteiger partial charge is 0.340 e. The monoisotopic (exact) mass is 1850 g/mol. The van der Waals surface area contributed by atoms with Gasteiger partial charge in [-0.05, 0) is 117 Å². The number of thiocarbonyl (C=S) groups is 1. The van der Waals surface area contributed by atoms with E-state index >= 15 is 0 Å². The minimum Gasteiger partial charge on any atom is -0.508 e. The molecule has 3 heterocycles. The summed E-state index contributed by atoms with van der Waals surface area (Å²) in [5.41, 5.74) is 13.8. The van der Waals surface area contributed by atoms with Crippen LogP contribution in [-0.2, 0) is 112 Å². The van der Waals surface area contributed by atoms with Crippen LogP contribution in [0.3, 0.4) is 0 Å². The van der Waals surface area contributed by atoms with Crippen molar-refractivity contribution in [1.82, 2.24) is 47.5 Å². The topological polar surface area (TPSA) is 578 Å². The van der Waals surface area contributed by atoms with Crippen LogP contribution in [0, 0.1) is 10.8 Å². The summed E-state index contributed by atoms with van der Waals surface area (Å²) < 4.78 is 95.3. The third kappa shape index (κ3) is 39.2. The van der Waals surface area contributed by atoms with Crippen molar-refractivity contribution in [2.75, 3.05) is 223 Å². The van der Waals surface area contributed by atoms with Crippen LogP contribution in [0.2, 0.25) is 0 Å². The molecule has 8 rings (SSSR count). The Kier molecular flexibility index (Phi) is 48.4. The lowest BCUT2D eigenvalue weighted by Gasteiger charge is -2.36. The molecule has 0 saturated carbocycles. The van der Waals surface area contributed by atoms with Gasteiger partial charge in [-0.2, -0.15) is 0 Å². The van der Waals surface area contributed by atoms with E-state index in [2.05, 4.69) is 52.8 Å². The number of fused-ring (bicyclic) bond motifs is 7. The molecular weight excluding hydrogens is 1730 g/mol. The number of rotatable bonds is 70. The molecule has 6 aromatic rings.